The van der Waals surface area contributed by atoms with Gasteiger partial charge in [0.2, 0.25) is 11.3 Å². The molecule has 4 aromatic rings. The predicted molar refractivity (Wildman–Crippen MR) is 116 cm³/mol. The first-order valence-corrected chi connectivity index (χ1v) is 9.50. The Hall–Kier alpha value is -3.73. The highest BCUT2D eigenvalue weighted by Gasteiger charge is 2.14. The van der Waals surface area contributed by atoms with E-state index in [4.69, 9.17) is 14.1 Å². The standard InChI is InChI=1S/C19H16BrN7O3/c1-28-14-8-7-11(9-12(14)20)10-21-25-17-16(23-18-19(24-17)27-30-26-18)22-13-5-3-4-6-15(13)29-2/h3-10H,1-2H3,(H,22,23,26)(H,24,25,27)/b21-10-. The van der Waals surface area contributed by atoms with Crippen molar-refractivity contribution in [1.29, 1.82) is 0 Å². The van der Waals surface area contributed by atoms with E-state index < -0.39 is 0 Å². The van der Waals surface area contributed by atoms with Crippen LogP contribution in [0.15, 0.2) is 56.7 Å². The number of para-hydroxylation sites is 2. The van der Waals surface area contributed by atoms with E-state index in [1.807, 2.05) is 42.5 Å². The van der Waals surface area contributed by atoms with Crippen molar-refractivity contribution in [2.75, 3.05) is 25.0 Å². The first-order chi connectivity index (χ1) is 14.7. The fraction of sp³-hybridized carbons (Fsp3) is 0.105. The molecule has 0 radical (unpaired) electrons. The highest BCUT2D eigenvalue weighted by atomic mass is 79.9. The number of hydrogen-bond acceptors (Lipinski definition) is 10. The monoisotopic (exact) mass is 469 g/mol. The molecule has 0 aliphatic rings. The molecule has 0 aliphatic heterocycles. The van der Waals surface area contributed by atoms with Gasteiger partial charge < -0.3 is 14.8 Å². The lowest BCUT2D eigenvalue weighted by Crippen LogP contribution is -2.04. The van der Waals surface area contributed by atoms with Crippen LogP contribution >= 0.6 is 15.9 Å². The van der Waals surface area contributed by atoms with Crippen LogP contribution in [0.4, 0.5) is 17.3 Å². The zero-order valence-electron chi connectivity index (χ0n) is 16.0. The minimum absolute atomic E-state index is 0.255. The molecule has 0 saturated heterocycles. The smallest absolute Gasteiger partial charge is 0.245 e. The molecule has 2 aromatic carbocycles. The molecule has 2 N–H and O–H groups in total. The SMILES string of the molecule is COc1ccc(/C=N\Nc2nc3nonc3nc2Nc2ccccc2OC)cc1Br. The van der Waals surface area contributed by atoms with Gasteiger partial charge in [0.05, 0.1) is 30.6 Å². The summed E-state index contributed by atoms with van der Waals surface area (Å²) >= 11 is 3.45. The van der Waals surface area contributed by atoms with Crippen molar-refractivity contribution in [3.8, 4) is 11.5 Å². The van der Waals surface area contributed by atoms with Crippen LogP contribution in [0.5, 0.6) is 11.5 Å². The van der Waals surface area contributed by atoms with E-state index in [0.717, 1.165) is 15.8 Å². The number of nitrogens with one attached hydrogen (secondary N) is 2. The van der Waals surface area contributed by atoms with Crippen molar-refractivity contribution in [1.82, 2.24) is 20.3 Å². The minimum Gasteiger partial charge on any atom is -0.496 e. The Bertz CT molecular complexity index is 1210. The number of ether oxygens (including phenoxy) is 2. The Labute approximate surface area is 179 Å². The van der Waals surface area contributed by atoms with E-state index in [2.05, 4.69) is 52.1 Å². The maximum absolute atomic E-state index is 5.38. The van der Waals surface area contributed by atoms with Crippen molar-refractivity contribution in [3.63, 3.8) is 0 Å². The third-order valence-corrected chi connectivity index (χ3v) is 4.65. The molecular weight excluding hydrogens is 454 g/mol. The number of aromatic nitrogens is 4. The summed E-state index contributed by atoms with van der Waals surface area (Å²) in [6.45, 7) is 0. The molecule has 11 heteroatoms. The lowest BCUT2D eigenvalue weighted by atomic mass is 10.2. The van der Waals surface area contributed by atoms with Gasteiger partial charge in [-0.1, -0.05) is 12.1 Å². The number of hydrazone groups is 1. The molecular formula is C19H16BrN7O3. The van der Waals surface area contributed by atoms with Gasteiger partial charge in [-0.3, -0.25) is 5.43 Å². The van der Waals surface area contributed by atoms with Gasteiger partial charge in [0.1, 0.15) is 11.5 Å². The van der Waals surface area contributed by atoms with E-state index in [1.165, 1.54) is 0 Å². The number of rotatable bonds is 7. The fourth-order valence-electron chi connectivity index (χ4n) is 2.61. The number of nitrogens with zero attached hydrogens (tertiary/aromatic N) is 5. The third kappa shape index (κ3) is 4.15. The fourth-order valence-corrected chi connectivity index (χ4v) is 3.17. The van der Waals surface area contributed by atoms with Gasteiger partial charge in [0.15, 0.2) is 11.6 Å². The van der Waals surface area contributed by atoms with Gasteiger partial charge in [-0.05, 0) is 62.1 Å². The predicted octanol–water partition coefficient (Wildman–Crippen LogP) is 3.98. The van der Waals surface area contributed by atoms with Crippen molar-refractivity contribution < 1.29 is 14.1 Å². The van der Waals surface area contributed by atoms with Gasteiger partial charge >= 0.3 is 0 Å². The molecule has 0 unspecified atom stereocenters. The molecule has 0 amide bonds. The summed E-state index contributed by atoms with van der Waals surface area (Å²) in [5.74, 6) is 2.11. The Balaban J connectivity index is 1.62. The summed E-state index contributed by atoms with van der Waals surface area (Å²) in [6.07, 6.45) is 1.64. The van der Waals surface area contributed by atoms with Crippen LogP contribution in [-0.4, -0.2) is 40.7 Å². The Morgan fingerprint density at radius 3 is 2.43 bits per heavy atom. The van der Waals surface area contributed by atoms with Crippen LogP contribution in [0.1, 0.15) is 5.56 Å². The molecule has 2 heterocycles. The van der Waals surface area contributed by atoms with Crippen molar-refractivity contribution in [2.45, 2.75) is 0 Å². The molecule has 0 spiro atoms. The van der Waals surface area contributed by atoms with Crippen molar-refractivity contribution in [3.05, 3.63) is 52.5 Å². The van der Waals surface area contributed by atoms with Crippen molar-refractivity contribution in [2.24, 2.45) is 5.10 Å². The first-order valence-electron chi connectivity index (χ1n) is 8.71. The zero-order valence-corrected chi connectivity index (χ0v) is 17.5. The number of hydrogen-bond donors (Lipinski definition) is 2. The topological polar surface area (TPSA) is 120 Å². The normalized spacial score (nSPS) is 11.0. The average molecular weight is 470 g/mol. The summed E-state index contributed by atoms with van der Waals surface area (Å²) in [6, 6.07) is 13.0. The molecule has 0 aliphatic carbocycles. The minimum atomic E-state index is 0.255. The lowest BCUT2D eigenvalue weighted by Gasteiger charge is -2.12. The molecule has 152 valence electrons. The highest BCUT2D eigenvalue weighted by Crippen LogP contribution is 2.30. The Morgan fingerprint density at radius 1 is 0.967 bits per heavy atom. The van der Waals surface area contributed by atoms with Crippen LogP contribution in [0.2, 0.25) is 0 Å². The number of halogens is 1. The molecule has 0 bridgehead atoms. The van der Waals surface area contributed by atoms with E-state index >= 15 is 0 Å². The molecule has 0 atom stereocenters. The number of methoxy groups -OCH3 is 2. The van der Waals surface area contributed by atoms with E-state index in [-0.39, 0.29) is 11.3 Å². The lowest BCUT2D eigenvalue weighted by molar-refractivity contribution is 0.314. The molecule has 0 saturated carbocycles. The highest BCUT2D eigenvalue weighted by molar-refractivity contribution is 9.10. The van der Waals surface area contributed by atoms with Crippen LogP contribution < -0.4 is 20.2 Å². The van der Waals surface area contributed by atoms with Gasteiger partial charge in [-0.25, -0.2) is 9.61 Å². The summed E-state index contributed by atoms with van der Waals surface area (Å²) in [7, 11) is 3.20. The van der Waals surface area contributed by atoms with Gasteiger partial charge in [-0.15, -0.1) is 0 Å². The second kappa shape index (κ2) is 8.74. The Kier molecular flexibility index (Phi) is 5.70. The quantitative estimate of drug-likeness (QED) is 0.305. The Morgan fingerprint density at radius 2 is 1.70 bits per heavy atom. The third-order valence-electron chi connectivity index (χ3n) is 4.03. The summed E-state index contributed by atoms with van der Waals surface area (Å²) in [5, 5.41) is 14.9. The summed E-state index contributed by atoms with van der Waals surface area (Å²) in [5.41, 5.74) is 4.96. The molecule has 4 rings (SSSR count). The number of anilines is 3. The maximum Gasteiger partial charge on any atom is 0.245 e. The largest absolute Gasteiger partial charge is 0.496 e. The molecule has 30 heavy (non-hydrogen) atoms. The van der Waals surface area contributed by atoms with E-state index in [9.17, 15) is 0 Å². The number of benzene rings is 2. The second-order valence-corrected chi connectivity index (χ2v) is 6.78. The molecule has 0 fully saturated rings. The van der Waals surface area contributed by atoms with Crippen LogP contribution in [0, 0.1) is 0 Å². The second-order valence-electron chi connectivity index (χ2n) is 5.92. The van der Waals surface area contributed by atoms with Crippen LogP contribution in [0.25, 0.3) is 11.3 Å². The first kappa shape index (κ1) is 19.6. The van der Waals surface area contributed by atoms with Crippen LogP contribution in [-0.2, 0) is 0 Å². The molecule has 2 aromatic heterocycles. The van der Waals surface area contributed by atoms with Crippen molar-refractivity contribution >= 4 is 50.8 Å². The zero-order chi connectivity index (χ0) is 20.9. The van der Waals surface area contributed by atoms with Gasteiger partial charge in [-0.2, -0.15) is 10.1 Å². The van der Waals surface area contributed by atoms with Gasteiger partial charge in [0.25, 0.3) is 0 Å². The van der Waals surface area contributed by atoms with Gasteiger partial charge in [0, 0.05) is 0 Å². The number of fused-ring (bicyclic) bond motifs is 1. The van der Waals surface area contributed by atoms with Crippen LogP contribution in [0.3, 0.4) is 0 Å². The maximum atomic E-state index is 5.38. The average Bonchev–Trinajstić information content (AvgIpc) is 3.21. The van der Waals surface area contributed by atoms with E-state index in [1.54, 1.807) is 20.4 Å². The summed E-state index contributed by atoms with van der Waals surface area (Å²) in [4.78, 5) is 8.79. The molecule has 10 nitrogen and oxygen atoms in total. The summed E-state index contributed by atoms with van der Waals surface area (Å²) < 4.78 is 16.1. The van der Waals surface area contributed by atoms with E-state index in [0.29, 0.717) is 23.1 Å².